The predicted octanol–water partition coefficient (Wildman–Crippen LogP) is 2.70. The second-order valence-corrected chi connectivity index (χ2v) is 6.67. The van der Waals surface area contributed by atoms with E-state index in [0.29, 0.717) is 25.6 Å². The van der Waals surface area contributed by atoms with Gasteiger partial charge in [0.1, 0.15) is 0 Å². The van der Waals surface area contributed by atoms with Gasteiger partial charge in [0.25, 0.3) is 0 Å². The van der Waals surface area contributed by atoms with Crippen LogP contribution in [0.15, 0.2) is 24.3 Å². The lowest BCUT2D eigenvalue weighted by Crippen LogP contribution is -2.47. The first-order valence-electron chi connectivity index (χ1n) is 9.03. The summed E-state index contributed by atoms with van der Waals surface area (Å²) in [4.78, 5) is 23.6. The topological polar surface area (TPSA) is 99.7 Å². The lowest BCUT2D eigenvalue weighted by atomic mass is 10.0. The van der Waals surface area contributed by atoms with Crippen LogP contribution in [0.2, 0.25) is 0 Å². The number of amides is 3. The van der Waals surface area contributed by atoms with E-state index < -0.39 is 12.2 Å². The quantitative estimate of drug-likeness (QED) is 0.541. The highest BCUT2D eigenvalue weighted by Crippen LogP contribution is 2.12. The first kappa shape index (κ1) is 21.8. The van der Waals surface area contributed by atoms with Gasteiger partial charge in [0.15, 0.2) is 0 Å². The van der Waals surface area contributed by atoms with E-state index in [1.807, 2.05) is 24.3 Å². The van der Waals surface area contributed by atoms with Crippen molar-refractivity contribution < 1.29 is 19.4 Å². The number of hydrogen-bond donors (Lipinski definition) is 4. The number of aliphatic hydroxyl groups is 1. The molecule has 0 heterocycles. The lowest BCUT2D eigenvalue weighted by Gasteiger charge is -2.21. The third-order valence-corrected chi connectivity index (χ3v) is 3.78. The molecule has 0 radical (unpaired) electrons. The van der Waals surface area contributed by atoms with Crippen molar-refractivity contribution in [3.63, 3.8) is 0 Å². The normalized spacial score (nSPS) is 13.0. The Morgan fingerprint density at radius 3 is 2.31 bits per heavy atom. The van der Waals surface area contributed by atoms with Crippen LogP contribution in [-0.4, -0.2) is 36.4 Å². The Morgan fingerprint density at radius 1 is 1.12 bits per heavy atom. The number of alkyl carbamates (subject to hydrolysis) is 1. The molecule has 0 saturated heterocycles. The molecule has 1 rings (SSSR count). The van der Waals surface area contributed by atoms with Crippen LogP contribution in [0.4, 0.5) is 9.59 Å². The molecule has 2 atom stereocenters. The van der Waals surface area contributed by atoms with Crippen LogP contribution < -0.4 is 16.0 Å². The van der Waals surface area contributed by atoms with E-state index in [4.69, 9.17) is 4.74 Å². The van der Waals surface area contributed by atoms with Gasteiger partial charge in [-0.25, -0.2) is 9.59 Å². The highest BCUT2D eigenvalue weighted by Gasteiger charge is 2.15. The molecule has 146 valence electrons. The first-order valence-corrected chi connectivity index (χ1v) is 9.03. The number of nitrogens with one attached hydrogen (secondary N) is 3. The Labute approximate surface area is 155 Å². The summed E-state index contributed by atoms with van der Waals surface area (Å²) in [7, 11) is 0. The van der Waals surface area contributed by atoms with Gasteiger partial charge in [-0.05, 0) is 37.3 Å². The number of benzene rings is 1. The smallest absolute Gasteiger partial charge is 0.407 e. The van der Waals surface area contributed by atoms with Gasteiger partial charge in [-0.3, -0.25) is 0 Å². The number of urea groups is 1. The number of carbonyl (C=O) groups excluding carboxylic acids is 2. The van der Waals surface area contributed by atoms with Crippen molar-refractivity contribution in [3.8, 4) is 0 Å². The van der Waals surface area contributed by atoms with Crippen molar-refractivity contribution in [1.82, 2.24) is 16.0 Å². The van der Waals surface area contributed by atoms with Gasteiger partial charge < -0.3 is 25.8 Å². The SMILES string of the molecule is CCOC(=O)N[C@@H](CNC(=O)NCc1ccc([C@H](C)O)cc1)CC(C)C. The van der Waals surface area contributed by atoms with Crippen LogP contribution in [0.25, 0.3) is 0 Å². The molecule has 0 saturated carbocycles. The van der Waals surface area contributed by atoms with Gasteiger partial charge in [0.05, 0.1) is 12.7 Å². The molecule has 0 aromatic heterocycles. The molecular weight excluding hydrogens is 334 g/mol. The van der Waals surface area contributed by atoms with Crippen LogP contribution in [0.5, 0.6) is 0 Å². The number of carbonyl (C=O) groups is 2. The second kappa shape index (κ2) is 11.4. The zero-order valence-electron chi connectivity index (χ0n) is 16.0. The molecule has 1 aromatic rings. The van der Waals surface area contributed by atoms with Gasteiger partial charge in [-0.15, -0.1) is 0 Å². The van der Waals surface area contributed by atoms with Gasteiger partial charge >= 0.3 is 12.1 Å². The molecule has 7 nitrogen and oxygen atoms in total. The molecule has 0 aliphatic rings. The minimum Gasteiger partial charge on any atom is -0.450 e. The van der Waals surface area contributed by atoms with Gasteiger partial charge in [0.2, 0.25) is 0 Å². The van der Waals surface area contributed by atoms with Crippen LogP contribution in [0.1, 0.15) is 51.3 Å². The summed E-state index contributed by atoms with van der Waals surface area (Å²) < 4.78 is 4.90. The Balaban J connectivity index is 2.42. The Kier molecular flexibility index (Phi) is 9.51. The molecule has 26 heavy (non-hydrogen) atoms. The van der Waals surface area contributed by atoms with E-state index in [2.05, 4.69) is 29.8 Å². The maximum Gasteiger partial charge on any atom is 0.407 e. The summed E-state index contributed by atoms with van der Waals surface area (Å²) in [6.07, 6.45) is -0.247. The average molecular weight is 365 g/mol. The Morgan fingerprint density at radius 2 is 1.77 bits per heavy atom. The van der Waals surface area contributed by atoms with E-state index in [-0.39, 0.29) is 12.1 Å². The molecule has 4 N–H and O–H groups in total. The van der Waals surface area contributed by atoms with E-state index in [9.17, 15) is 14.7 Å². The van der Waals surface area contributed by atoms with Gasteiger partial charge in [0, 0.05) is 19.1 Å². The predicted molar refractivity (Wildman–Crippen MR) is 101 cm³/mol. The average Bonchev–Trinajstić information content (AvgIpc) is 2.58. The summed E-state index contributed by atoms with van der Waals surface area (Å²) in [6.45, 7) is 8.57. The molecule has 0 aliphatic carbocycles. The minimum atomic E-state index is -0.509. The van der Waals surface area contributed by atoms with E-state index in [0.717, 1.165) is 17.5 Å². The minimum absolute atomic E-state index is 0.190. The van der Waals surface area contributed by atoms with Crippen LogP contribution in [0.3, 0.4) is 0 Å². The fourth-order valence-electron chi connectivity index (χ4n) is 2.48. The van der Waals surface area contributed by atoms with Crippen molar-refractivity contribution in [2.45, 2.75) is 52.8 Å². The zero-order valence-corrected chi connectivity index (χ0v) is 16.0. The summed E-state index contributed by atoms with van der Waals surface area (Å²) in [5.41, 5.74) is 1.77. The largest absolute Gasteiger partial charge is 0.450 e. The van der Waals surface area contributed by atoms with Crippen molar-refractivity contribution in [3.05, 3.63) is 35.4 Å². The summed E-state index contributed by atoms with van der Waals surface area (Å²) in [6, 6.07) is 6.91. The van der Waals surface area contributed by atoms with Crippen molar-refractivity contribution in [2.24, 2.45) is 5.92 Å². The summed E-state index contributed by atoms with van der Waals surface area (Å²) in [5.74, 6) is 0.374. The highest BCUT2D eigenvalue weighted by atomic mass is 16.5. The van der Waals surface area contributed by atoms with Crippen LogP contribution in [-0.2, 0) is 11.3 Å². The molecule has 0 fully saturated rings. The number of hydrogen-bond acceptors (Lipinski definition) is 4. The first-order chi connectivity index (χ1) is 12.3. The fourth-order valence-corrected chi connectivity index (χ4v) is 2.48. The van der Waals surface area contributed by atoms with Crippen molar-refractivity contribution >= 4 is 12.1 Å². The third-order valence-electron chi connectivity index (χ3n) is 3.78. The lowest BCUT2D eigenvalue weighted by molar-refractivity contribution is 0.146. The van der Waals surface area contributed by atoms with Crippen LogP contribution >= 0.6 is 0 Å². The molecule has 7 heteroatoms. The number of rotatable bonds is 9. The maximum absolute atomic E-state index is 12.0. The Bertz CT molecular complexity index is 558. The van der Waals surface area contributed by atoms with E-state index >= 15 is 0 Å². The zero-order chi connectivity index (χ0) is 19.5. The molecule has 0 aliphatic heterocycles. The fraction of sp³-hybridized carbons (Fsp3) is 0.579. The van der Waals surface area contributed by atoms with E-state index in [1.54, 1.807) is 13.8 Å². The van der Waals surface area contributed by atoms with Crippen molar-refractivity contribution in [1.29, 1.82) is 0 Å². The van der Waals surface area contributed by atoms with Crippen LogP contribution in [0, 0.1) is 5.92 Å². The summed E-state index contributed by atoms with van der Waals surface area (Å²) >= 11 is 0. The molecular formula is C19H31N3O4. The van der Waals surface area contributed by atoms with Crippen molar-refractivity contribution in [2.75, 3.05) is 13.2 Å². The maximum atomic E-state index is 12.0. The van der Waals surface area contributed by atoms with Gasteiger partial charge in [-0.1, -0.05) is 38.1 Å². The third kappa shape index (κ3) is 8.71. The standard InChI is InChI=1S/C19H31N3O4/c1-5-26-19(25)22-17(10-13(2)3)12-21-18(24)20-11-15-6-8-16(9-7-15)14(4)23/h6-9,13-14,17,23H,5,10-12H2,1-4H3,(H,22,25)(H2,20,21,24)/t14-,17+/m0/s1. The summed E-state index contributed by atoms with van der Waals surface area (Å²) in [5, 5.41) is 17.8. The molecule has 0 spiro atoms. The molecule has 0 unspecified atom stereocenters. The molecule has 1 aromatic carbocycles. The Hall–Kier alpha value is -2.28. The number of aliphatic hydroxyl groups excluding tert-OH is 1. The van der Waals surface area contributed by atoms with Gasteiger partial charge in [-0.2, -0.15) is 0 Å². The van der Waals surface area contributed by atoms with E-state index in [1.165, 1.54) is 0 Å². The second-order valence-electron chi connectivity index (χ2n) is 6.67. The number of ether oxygens (including phenoxy) is 1. The monoisotopic (exact) mass is 365 g/mol. The molecule has 3 amide bonds. The molecule has 0 bridgehead atoms. The highest BCUT2D eigenvalue weighted by molar-refractivity contribution is 5.74.